The van der Waals surface area contributed by atoms with Crippen molar-refractivity contribution in [3.05, 3.63) is 54.1 Å². The third-order valence-electron chi connectivity index (χ3n) is 4.62. The zero-order valence-corrected chi connectivity index (χ0v) is 13.6. The second-order valence-electron chi connectivity index (χ2n) is 6.41. The predicted molar refractivity (Wildman–Crippen MR) is 91.1 cm³/mol. The van der Waals surface area contributed by atoms with Gasteiger partial charge in [-0.15, -0.1) is 0 Å². The number of carbonyl (C=O) groups is 1. The molecule has 1 aromatic carbocycles. The minimum absolute atomic E-state index is 0.193. The fraction of sp³-hybridized carbons (Fsp3) is 0.474. The molecule has 122 valence electrons. The molecule has 1 heterocycles. The number of carbonyl (C=O) groups excluding carboxylic acids is 1. The molecular formula is C19H25N3O. The molecule has 0 unspecified atom stereocenters. The smallest absolute Gasteiger partial charge is 0.220 e. The van der Waals surface area contributed by atoms with Crippen LogP contribution in [-0.4, -0.2) is 22.0 Å². The molecule has 1 saturated carbocycles. The van der Waals surface area contributed by atoms with Crippen molar-refractivity contribution in [1.82, 2.24) is 14.9 Å². The number of amides is 1. The molecule has 2 aromatic rings. The van der Waals surface area contributed by atoms with Crippen molar-refractivity contribution in [2.24, 2.45) is 5.92 Å². The highest BCUT2D eigenvalue weighted by Crippen LogP contribution is 2.27. The number of imidazole rings is 1. The summed E-state index contributed by atoms with van der Waals surface area (Å²) in [5, 5.41) is 3.05. The molecule has 0 atom stereocenters. The lowest BCUT2D eigenvalue weighted by Gasteiger charge is -2.11. The maximum atomic E-state index is 12.0. The average molecular weight is 311 g/mol. The van der Waals surface area contributed by atoms with Gasteiger partial charge in [0.2, 0.25) is 5.91 Å². The Morgan fingerprint density at radius 1 is 1.22 bits per heavy atom. The van der Waals surface area contributed by atoms with Crippen molar-refractivity contribution in [3.63, 3.8) is 0 Å². The largest absolute Gasteiger partial charge is 0.356 e. The van der Waals surface area contributed by atoms with Crippen LogP contribution in [-0.2, 0) is 17.8 Å². The minimum Gasteiger partial charge on any atom is -0.356 e. The summed E-state index contributed by atoms with van der Waals surface area (Å²) in [5.41, 5.74) is 1.26. The SMILES string of the molecule is O=C(CC1CCCC1)NCCc1nccn1Cc1ccccc1. The van der Waals surface area contributed by atoms with E-state index in [0.717, 1.165) is 18.8 Å². The van der Waals surface area contributed by atoms with Crippen molar-refractivity contribution in [2.45, 2.75) is 45.1 Å². The molecule has 1 fully saturated rings. The van der Waals surface area contributed by atoms with E-state index in [1.54, 1.807) is 0 Å². The molecule has 1 aliphatic carbocycles. The lowest BCUT2D eigenvalue weighted by molar-refractivity contribution is -0.121. The molecule has 4 nitrogen and oxygen atoms in total. The van der Waals surface area contributed by atoms with E-state index in [-0.39, 0.29) is 5.91 Å². The van der Waals surface area contributed by atoms with Gasteiger partial charge in [0.05, 0.1) is 0 Å². The first kappa shape index (κ1) is 15.8. The molecule has 1 amide bonds. The highest BCUT2D eigenvalue weighted by Gasteiger charge is 2.18. The summed E-state index contributed by atoms with van der Waals surface area (Å²) < 4.78 is 2.15. The first-order valence-corrected chi connectivity index (χ1v) is 8.62. The van der Waals surface area contributed by atoms with Gasteiger partial charge >= 0.3 is 0 Å². The van der Waals surface area contributed by atoms with E-state index >= 15 is 0 Å². The lowest BCUT2D eigenvalue weighted by atomic mass is 10.0. The molecule has 3 rings (SSSR count). The summed E-state index contributed by atoms with van der Waals surface area (Å²) in [6.45, 7) is 1.49. The molecule has 0 bridgehead atoms. The van der Waals surface area contributed by atoms with E-state index in [9.17, 15) is 4.79 Å². The Bertz CT molecular complexity index is 615. The lowest BCUT2D eigenvalue weighted by Crippen LogP contribution is -2.27. The molecule has 23 heavy (non-hydrogen) atoms. The number of benzene rings is 1. The van der Waals surface area contributed by atoms with Crippen LogP contribution in [0.1, 0.15) is 43.5 Å². The van der Waals surface area contributed by atoms with Crippen LogP contribution in [0.15, 0.2) is 42.7 Å². The number of rotatable bonds is 7. The van der Waals surface area contributed by atoms with E-state index in [4.69, 9.17) is 0 Å². The van der Waals surface area contributed by atoms with Gasteiger partial charge in [-0.2, -0.15) is 0 Å². The van der Waals surface area contributed by atoms with Gasteiger partial charge in [-0.25, -0.2) is 4.98 Å². The average Bonchev–Trinajstić information content (AvgIpc) is 3.21. The molecule has 0 aliphatic heterocycles. The molecule has 1 N–H and O–H groups in total. The van der Waals surface area contributed by atoms with Crippen molar-refractivity contribution in [2.75, 3.05) is 6.54 Å². The van der Waals surface area contributed by atoms with Gasteiger partial charge in [0.15, 0.2) is 0 Å². The van der Waals surface area contributed by atoms with Crippen LogP contribution in [0.4, 0.5) is 0 Å². The van der Waals surface area contributed by atoms with E-state index in [2.05, 4.69) is 39.1 Å². The second kappa shape index (κ2) is 7.95. The second-order valence-corrected chi connectivity index (χ2v) is 6.41. The molecule has 0 saturated heterocycles. The monoisotopic (exact) mass is 311 g/mol. The summed E-state index contributed by atoms with van der Waals surface area (Å²) >= 11 is 0. The van der Waals surface area contributed by atoms with E-state index in [0.29, 0.717) is 18.9 Å². The molecule has 0 spiro atoms. The topological polar surface area (TPSA) is 46.9 Å². The van der Waals surface area contributed by atoms with Crippen LogP contribution in [0.25, 0.3) is 0 Å². The first-order valence-electron chi connectivity index (χ1n) is 8.62. The van der Waals surface area contributed by atoms with Crippen molar-refractivity contribution < 1.29 is 4.79 Å². The molecular weight excluding hydrogens is 286 g/mol. The zero-order chi connectivity index (χ0) is 15.9. The summed E-state index contributed by atoms with van der Waals surface area (Å²) in [6, 6.07) is 10.4. The Kier molecular flexibility index (Phi) is 5.46. The Balaban J connectivity index is 1.45. The quantitative estimate of drug-likeness (QED) is 0.854. The predicted octanol–water partition coefficient (Wildman–Crippen LogP) is 3.17. The van der Waals surface area contributed by atoms with Gasteiger partial charge in [-0.1, -0.05) is 43.2 Å². The standard InChI is InChI=1S/C19H25N3O/c23-19(14-16-6-4-5-7-16)21-11-10-18-20-12-13-22(18)15-17-8-2-1-3-9-17/h1-3,8-9,12-13,16H,4-7,10-11,14-15H2,(H,21,23). The van der Waals surface area contributed by atoms with Crippen molar-refractivity contribution in [1.29, 1.82) is 0 Å². The number of hydrogen-bond donors (Lipinski definition) is 1. The van der Waals surface area contributed by atoms with Gasteiger partial charge in [-0.05, 0) is 24.3 Å². The van der Waals surface area contributed by atoms with Gasteiger partial charge in [0.1, 0.15) is 5.82 Å². The zero-order valence-electron chi connectivity index (χ0n) is 13.6. The normalized spacial score (nSPS) is 15.0. The number of nitrogens with one attached hydrogen (secondary N) is 1. The maximum absolute atomic E-state index is 12.0. The minimum atomic E-state index is 0.193. The molecule has 1 aromatic heterocycles. The molecule has 1 aliphatic rings. The van der Waals surface area contributed by atoms with Crippen LogP contribution in [0, 0.1) is 5.92 Å². The fourth-order valence-electron chi connectivity index (χ4n) is 3.35. The number of nitrogens with zero attached hydrogens (tertiary/aromatic N) is 2. The van der Waals surface area contributed by atoms with Gasteiger partial charge in [0, 0.05) is 38.3 Å². The Hall–Kier alpha value is -2.10. The van der Waals surface area contributed by atoms with Crippen molar-refractivity contribution in [3.8, 4) is 0 Å². The summed E-state index contributed by atoms with van der Waals surface area (Å²) in [5.74, 6) is 1.82. The van der Waals surface area contributed by atoms with E-state index in [1.165, 1.54) is 31.2 Å². The first-order chi connectivity index (χ1) is 11.3. The van der Waals surface area contributed by atoms with Crippen LogP contribution in [0.2, 0.25) is 0 Å². The molecule has 0 radical (unpaired) electrons. The Morgan fingerprint density at radius 3 is 2.78 bits per heavy atom. The number of hydrogen-bond acceptors (Lipinski definition) is 2. The number of aromatic nitrogens is 2. The van der Waals surface area contributed by atoms with Crippen LogP contribution in [0.3, 0.4) is 0 Å². The van der Waals surface area contributed by atoms with Crippen molar-refractivity contribution >= 4 is 5.91 Å². The van der Waals surface area contributed by atoms with E-state index in [1.807, 2.05) is 18.5 Å². The maximum Gasteiger partial charge on any atom is 0.220 e. The van der Waals surface area contributed by atoms with Crippen LogP contribution >= 0.6 is 0 Å². The fourth-order valence-corrected chi connectivity index (χ4v) is 3.35. The highest BCUT2D eigenvalue weighted by molar-refractivity contribution is 5.76. The summed E-state index contributed by atoms with van der Waals surface area (Å²) in [7, 11) is 0. The third-order valence-corrected chi connectivity index (χ3v) is 4.62. The summed E-state index contributed by atoms with van der Waals surface area (Å²) in [4.78, 5) is 16.4. The Labute approximate surface area is 137 Å². The van der Waals surface area contributed by atoms with Gasteiger partial charge < -0.3 is 9.88 Å². The Morgan fingerprint density at radius 2 is 2.00 bits per heavy atom. The van der Waals surface area contributed by atoms with E-state index < -0.39 is 0 Å². The van der Waals surface area contributed by atoms with Gasteiger partial charge in [-0.3, -0.25) is 4.79 Å². The third kappa shape index (κ3) is 4.68. The van der Waals surface area contributed by atoms with Gasteiger partial charge in [0.25, 0.3) is 0 Å². The van der Waals surface area contributed by atoms with Crippen LogP contribution in [0.5, 0.6) is 0 Å². The molecule has 4 heteroatoms. The highest BCUT2D eigenvalue weighted by atomic mass is 16.1. The van der Waals surface area contributed by atoms with Crippen LogP contribution < -0.4 is 5.32 Å². The summed E-state index contributed by atoms with van der Waals surface area (Å²) in [6.07, 6.45) is 10.3.